The van der Waals surface area contributed by atoms with Crippen LogP contribution < -0.4 is 10.0 Å². The molecule has 1 saturated carbocycles. The molecule has 1 aliphatic carbocycles. The molecule has 2 N–H and O–H groups in total. The second-order valence-electron chi connectivity index (χ2n) is 5.70. The summed E-state index contributed by atoms with van der Waals surface area (Å²) in [6.45, 7) is 2.19. The molecule has 0 aromatic heterocycles. The Morgan fingerprint density at radius 3 is 2.50 bits per heavy atom. The maximum Gasteiger partial charge on any atom is 0.215 e. The number of sulfonamides is 1. The summed E-state index contributed by atoms with van der Waals surface area (Å²) in [4.78, 5) is 0. The van der Waals surface area contributed by atoms with Crippen molar-refractivity contribution in [2.24, 2.45) is 5.92 Å². The maximum atomic E-state index is 12.1. The molecule has 0 bridgehead atoms. The Hall–Kier alpha value is -0.130. The molecule has 0 aromatic carbocycles. The van der Waals surface area contributed by atoms with E-state index in [-0.39, 0.29) is 5.25 Å². The molecule has 0 radical (unpaired) electrons. The molecule has 1 heterocycles. The van der Waals surface area contributed by atoms with Crippen LogP contribution in [0.1, 0.15) is 51.4 Å². The molecule has 1 atom stereocenters. The maximum absolute atomic E-state index is 12.1. The van der Waals surface area contributed by atoms with Crippen molar-refractivity contribution in [1.29, 1.82) is 0 Å². The number of hydrogen-bond acceptors (Lipinski definition) is 3. The lowest BCUT2D eigenvalue weighted by Gasteiger charge is -2.24. The van der Waals surface area contributed by atoms with E-state index in [0.29, 0.717) is 13.1 Å². The number of rotatable bonds is 5. The van der Waals surface area contributed by atoms with Gasteiger partial charge < -0.3 is 5.32 Å². The number of piperidine rings is 1. The third-order valence-corrected chi connectivity index (χ3v) is 6.16. The Morgan fingerprint density at radius 1 is 1.06 bits per heavy atom. The summed E-state index contributed by atoms with van der Waals surface area (Å²) in [6, 6.07) is 0. The van der Waals surface area contributed by atoms with Crippen LogP contribution >= 0.6 is 0 Å². The largest absolute Gasteiger partial charge is 0.315 e. The van der Waals surface area contributed by atoms with Crippen LogP contribution in [0.2, 0.25) is 0 Å². The summed E-state index contributed by atoms with van der Waals surface area (Å²) < 4.78 is 27.0. The van der Waals surface area contributed by atoms with Gasteiger partial charge in [-0.15, -0.1) is 0 Å². The van der Waals surface area contributed by atoms with Crippen LogP contribution in [0.25, 0.3) is 0 Å². The lowest BCUT2D eigenvalue weighted by Crippen LogP contribution is -2.44. The molecule has 0 aromatic rings. The first-order valence-corrected chi connectivity index (χ1v) is 8.92. The minimum Gasteiger partial charge on any atom is -0.315 e. The average Bonchev–Trinajstić information content (AvgIpc) is 2.41. The van der Waals surface area contributed by atoms with Gasteiger partial charge in [0.05, 0.1) is 5.25 Å². The molecule has 1 aliphatic heterocycles. The van der Waals surface area contributed by atoms with Gasteiger partial charge in [0.2, 0.25) is 10.0 Å². The molecule has 4 nitrogen and oxygen atoms in total. The Bertz CT molecular complexity index is 331. The van der Waals surface area contributed by atoms with E-state index in [4.69, 9.17) is 0 Å². The fraction of sp³-hybridized carbons (Fsp3) is 1.00. The highest BCUT2D eigenvalue weighted by molar-refractivity contribution is 7.90. The van der Waals surface area contributed by atoms with E-state index in [1.165, 1.54) is 32.1 Å². The van der Waals surface area contributed by atoms with E-state index in [1.54, 1.807) is 0 Å². The van der Waals surface area contributed by atoms with Gasteiger partial charge in [0.25, 0.3) is 0 Å². The van der Waals surface area contributed by atoms with Gasteiger partial charge in [0.1, 0.15) is 0 Å². The van der Waals surface area contributed by atoms with Gasteiger partial charge in [-0.3, -0.25) is 0 Å². The smallest absolute Gasteiger partial charge is 0.215 e. The number of nitrogens with one attached hydrogen (secondary N) is 2. The normalized spacial score (nSPS) is 27.2. The highest BCUT2D eigenvalue weighted by Gasteiger charge is 2.26. The summed E-state index contributed by atoms with van der Waals surface area (Å²) in [6.07, 6.45) is 9.35. The monoisotopic (exact) mass is 274 g/mol. The van der Waals surface area contributed by atoms with Crippen LogP contribution in [-0.2, 0) is 10.0 Å². The fourth-order valence-electron chi connectivity index (χ4n) is 3.08. The topological polar surface area (TPSA) is 58.2 Å². The van der Waals surface area contributed by atoms with Crippen molar-refractivity contribution < 1.29 is 8.42 Å². The minimum atomic E-state index is -3.10. The van der Waals surface area contributed by atoms with Gasteiger partial charge in [-0.25, -0.2) is 13.1 Å². The predicted octanol–water partition coefficient (Wildman–Crippen LogP) is 1.63. The minimum absolute atomic E-state index is 0.224. The Kier molecular flexibility index (Phi) is 5.45. The predicted molar refractivity (Wildman–Crippen MR) is 74.0 cm³/mol. The van der Waals surface area contributed by atoms with Crippen molar-refractivity contribution in [1.82, 2.24) is 10.0 Å². The Balaban J connectivity index is 1.70. The zero-order valence-corrected chi connectivity index (χ0v) is 12.0. The summed E-state index contributed by atoms with van der Waals surface area (Å²) in [5.74, 6) is 0.742. The quantitative estimate of drug-likeness (QED) is 0.801. The zero-order valence-electron chi connectivity index (χ0n) is 11.2. The molecular weight excluding hydrogens is 248 g/mol. The lowest BCUT2D eigenvalue weighted by molar-refractivity contribution is 0.339. The molecule has 1 unspecified atom stereocenters. The van der Waals surface area contributed by atoms with Gasteiger partial charge >= 0.3 is 0 Å². The third-order valence-electron chi connectivity index (χ3n) is 4.27. The van der Waals surface area contributed by atoms with Crippen LogP contribution in [0.15, 0.2) is 0 Å². The first-order valence-electron chi connectivity index (χ1n) is 7.38. The van der Waals surface area contributed by atoms with Crippen LogP contribution in [0.4, 0.5) is 0 Å². The van der Waals surface area contributed by atoms with E-state index in [1.807, 2.05) is 0 Å². The Morgan fingerprint density at radius 2 is 1.83 bits per heavy atom. The van der Waals surface area contributed by atoms with Gasteiger partial charge in [-0.1, -0.05) is 32.1 Å². The van der Waals surface area contributed by atoms with Gasteiger partial charge in [-0.05, 0) is 31.7 Å². The molecule has 2 fully saturated rings. The second kappa shape index (κ2) is 6.87. The summed E-state index contributed by atoms with van der Waals surface area (Å²) in [5.41, 5.74) is 0. The van der Waals surface area contributed by atoms with Crippen molar-refractivity contribution in [3.63, 3.8) is 0 Å². The number of hydrogen-bond donors (Lipinski definition) is 2. The van der Waals surface area contributed by atoms with E-state index >= 15 is 0 Å². The van der Waals surface area contributed by atoms with E-state index < -0.39 is 10.0 Å². The highest BCUT2D eigenvalue weighted by atomic mass is 32.2. The standard InChI is InChI=1S/C13H26N2O2S/c16-18(17,13-7-4-9-14-11-13)15-10-8-12-5-2-1-3-6-12/h12-15H,1-11H2. The molecular formula is C13H26N2O2S. The van der Waals surface area contributed by atoms with Crippen molar-refractivity contribution in [2.45, 2.75) is 56.6 Å². The molecule has 106 valence electrons. The van der Waals surface area contributed by atoms with Crippen molar-refractivity contribution in [3.05, 3.63) is 0 Å². The second-order valence-corrected chi connectivity index (χ2v) is 7.75. The average molecular weight is 274 g/mol. The molecule has 18 heavy (non-hydrogen) atoms. The van der Waals surface area contributed by atoms with Crippen LogP contribution in [0.5, 0.6) is 0 Å². The SMILES string of the molecule is O=S(=O)(NCCC1CCCCC1)C1CCCNC1. The van der Waals surface area contributed by atoms with Gasteiger partial charge in [0, 0.05) is 13.1 Å². The van der Waals surface area contributed by atoms with Crippen LogP contribution in [0, 0.1) is 5.92 Å². The van der Waals surface area contributed by atoms with Crippen molar-refractivity contribution >= 4 is 10.0 Å². The molecule has 0 spiro atoms. The summed E-state index contributed by atoms with van der Waals surface area (Å²) in [5, 5.41) is 2.94. The van der Waals surface area contributed by atoms with E-state index in [2.05, 4.69) is 10.0 Å². The lowest BCUT2D eigenvalue weighted by atomic mass is 9.87. The van der Waals surface area contributed by atoms with E-state index in [9.17, 15) is 8.42 Å². The van der Waals surface area contributed by atoms with Crippen molar-refractivity contribution in [3.8, 4) is 0 Å². The summed E-state index contributed by atoms with van der Waals surface area (Å²) in [7, 11) is -3.10. The molecule has 5 heteroatoms. The fourth-order valence-corrected chi connectivity index (χ4v) is 4.54. The molecule has 2 aliphatic rings. The van der Waals surface area contributed by atoms with Gasteiger partial charge in [0.15, 0.2) is 0 Å². The first-order chi connectivity index (χ1) is 8.68. The van der Waals surface area contributed by atoms with Crippen LogP contribution in [0.3, 0.4) is 0 Å². The van der Waals surface area contributed by atoms with E-state index in [0.717, 1.165) is 31.7 Å². The molecule has 0 amide bonds. The molecule has 2 rings (SSSR count). The van der Waals surface area contributed by atoms with Crippen LogP contribution in [-0.4, -0.2) is 33.3 Å². The highest BCUT2D eigenvalue weighted by Crippen LogP contribution is 2.25. The molecule has 1 saturated heterocycles. The first kappa shape index (κ1) is 14.3. The Labute approximate surface area is 111 Å². The zero-order chi connectivity index (χ0) is 12.8. The summed E-state index contributed by atoms with van der Waals surface area (Å²) >= 11 is 0. The third kappa shape index (κ3) is 4.21. The van der Waals surface area contributed by atoms with Crippen molar-refractivity contribution in [2.75, 3.05) is 19.6 Å². The van der Waals surface area contributed by atoms with Gasteiger partial charge in [-0.2, -0.15) is 0 Å².